The monoisotopic (exact) mass is 231 g/mol. The van der Waals surface area contributed by atoms with E-state index in [4.69, 9.17) is 16.3 Å². The first-order chi connectivity index (χ1) is 7.18. The van der Waals surface area contributed by atoms with Gasteiger partial charge in [-0.05, 0) is 32.1 Å². The van der Waals surface area contributed by atoms with Crippen LogP contribution in [0.4, 0.5) is 0 Å². The van der Waals surface area contributed by atoms with Crippen molar-refractivity contribution in [2.24, 2.45) is 11.8 Å². The van der Waals surface area contributed by atoms with Crippen molar-refractivity contribution in [1.82, 2.24) is 5.32 Å². The minimum Gasteiger partial charge on any atom is -0.378 e. The number of hydrogen-bond acceptors (Lipinski definition) is 2. The average Bonchev–Trinajstić information content (AvgIpc) is 2.98. The lowest BCUT2D eigenvalue weighted by Crippen LogP contribution is -2.37. The Bertz CT molecular complexity index is 243. The van der Waals surface area contributed by atoms with Crippen molar-refractivity contribution in [3.8, 4) is 0 Å². The molecule has 0 aromatic carbocycles. The lowest BCUT2D eigenvalue weighted by molar-refractivity contribution is -0.126. The van der Waals surface area contributed by atoms with Crippen molar-refractivity contribution in [2.45, 2.75) is 37.7 Å². The molecule has 0 radical (unpaired) electrons. The van der Waals surface area contributed by atoms with E-state index in [1.54, 1.807) is 0 Å². The van der Waals surface area contributed by atoms with Gasteiger partial charge in [-0.1, -0.05) is 0 Å². The smallest absolute Gasteiger partial charge is 0.225 e. The second kappa shape index (κ2) is 4.71. The van der Waals surface area contributed by atoms with Gasteiger partial charge in [0.15, 0.2) is 0 Å². The highest BCUT2D eigenvalue weighted by Gasteiger charge is 2.33. The Kier molecular flexibility index (Phi) is 3.52. The quantitative estimate of drug-likeness (QED) is 0.746. The molecule has 2 rings (SSSR count). The third kappa shape index (κ3) is 2.85. The maximum Gasteiger partial charge on any atom is 0.225 e. The Morgan fingerprint density at radius 1 is 1.53 bits per heavy atom. The lowest BCUT2D eigenvalue weighted by atomic mass is 10.0. The highest BCUT2D eigenvalue weighted by molar-refractivity contribution is 6.21. The summed E-state index contributed by atoms with van der Waals surface area (Å²) in [5.74, 6) is 0.753. The van der Waals surface area contributed by atoms with Crippen LogP contribution in [0.1, 0.15) is 26.2 Å². The Balaban J connectivity index is 1.71. The van der Waals surface area contributed by atoms with Gasteiger partial charge in [0.25, 0.3) is 0 Å². The predicted octanol–water partition coefficient (Wildman–Crippen LogP) is 1.54. The molecule has 0 aromatic heterocycles. The van der Waals surface area contributed by atoms with Crippen molar-refractivity contribution in [1.29, 1.82) is 0 Å². The second-order valence-electron chi connectivity index (χ2n) is 4.57. The molecular weight excluding hydrogens is 214 g/mol. The number of rotatable bonds is 4. The van der Waals surface area contributed by atoms with Crippen LogP contribution >= 0.6 is 11.6 Å². The molecule has 1 aliphatic carbocycles. The van der Waals surface area contributed by atoms with Gasteiger partial charge in [0.1, 0.15) is 0 Å². The molecule has 3 atom stereocenters. The molecular formula is C11H18ClNO2. The zero-order chi connectivity index (χ0) is 10.8. The van der Waals surface area contributed by atoms with Gasteiger partial charge in [-0.15, -0.1) is 11.6 Å². The standard InChI is InChI=1S/C11H18ClNO2/c1-7-9(4-5-15-7)11(14)13-6-10(12)8-2-3-8/h7-10H,2-6H2,1H3,(H,13,14). The van der Waals surface area contributed by atoms with E-state index >= 15 is 0 Å². The predicted molar refractivity (Wildman–Crippen MR) is 58.9 cm³/mol. The molecule has 1 saturated heterocycles. The summed E-state index contributed by atoms with van der Waals surface area (Å²) >= 11 is 6.12. The molecule has 0 spiro atoms. The minimum absolute atomic E-state index is 0.0214. The molecule has 15 heavy (non-hydrogen) atoms. The Labute approximate surface area is 95.5 Å². The molecule has 3 nitrogen and oxygen atoms in total. The topological polar surface area (TPSA) is 38.3 Å². The maximum atomic E-state index is 11.8. The van der Waals surface area contributed by atoms with Crippen LogP contribution < -0.4 is 5.32 Å². The van der Waals surface area contributed by atoms with Crippen molar-refractivity contribution >= 4 is 17.5 Å². The van der Waals surface area contributed by atoms with Gasteiger partial charge in [0.2, 0.25) is 5.91 Å². The van der Waals surface area contributed by atoms with Crippen molar-refractivity contribution in [2.75, 3.05) is 13.2 Å². The maximum absolute atomic E-state index is 11.8. The lowest BCUT2D eigenvalue weighted by Gasteiger charge is -2.15. The summed E-state index contributed by atoms with van der Waals surface area (Å²) in [6.07, 6.45) is 3.32. The molecule has 1 N–H and O–H groups in total. The third-order valence-corrected chi connectivity index (χ3v) is 3.83. The first-order valence-corrected chi connectivity index (χ1v) is 6.15. The van der Waals surface area contributed by atoms with Gasteiger partial charge in [0, 0.05) is 13.2 Å². The summed E-state index contributed by atoms with van der Waals surface area (Å²) in [6, 6.07) is 0. The van der Waals surface area contributed by atoms with E-state index < -0.39 is 0 Å². The molecule has 1 amide bonds. The van der Waals surface area contributed by atoms with E-state index in [1.807, 2.05) is 6.92 Å². The van der Waals surface area contributed by atoms with Crippen LogP contribution in [0.3, 0.4) is 0 Å². The first kappa shape index (κ1) is 11.2. The number of carbonyl (C=O) groups excluding carboxylic acids is 1. The van der Waals surface area contributed by atoms with Crippen LogP contribution in [0.5, 0.6) is 0 Å². The summed E-state index contributed by atoms with van der Waals surface area (Å²) < 4.78 is 5.36. The summed E-state index contributed by atoms with van der Waals surface area (Å²) in [5, 5.41) is 3.04. The summed E-state index contributed by atoms with van der Waals surface area (Å²) in [4.78, 5) is 11.8. The Hall–Kier alpha value is -0.280. The van der Waals surface area contributed by atoms with Crippen molar-refractivity contribution in [3.63, 3.8) is 0 Å². The van der Waals surface area contributed by atoms with Crippen LogP contribution in [0.2, 0.25) is 0 Å². The van der Waals surface area contributed by atoms with Crippen LogP contribution in [-0.4, -0.2) is 30.5 Å². The zero-order valence-corrected chi connectivity index (χ0v) is 9.80. The molecule has 86 valence electrons. The van der Waals surface area contributed by atoms with Gasteiger partial charge < -0.3 is 10.1 Å². The summed E-state index contributed by atoms with van der Waals surface area (Å²) in [7, 11) is 0. The number of carbonyl (C=O) groups is 1. The number of hydrogen-bond donors (Lipinski definition) is 1. The number of halogens is 1. The Morgan fingerprint density at radius 3 is 2.80 bits per heavy atom. The largest absolute Gasteiger partial charge is 0.378 e. The summed E-state index contributed by atoms with van der Waals surface area (Å²) in [6.45, 7) is 3.26. The van der Waals surface area contributed by atoms with Gasteiger partial charge in [-0.25, -0.2) is 0 Å². The fourth-order valence-electron chi connectivity index (χ4n) is 2.03. The second-order valence-corrected chi connectivity index (χ2v) is 5.13. The molecule has 0 aromatic rings. The normalized spacial score (nSPS) is 32.7. The molecule has 2 fully saturated rings. The fourth-order valence-corrected chi connectivity index (χ4v) is 2.36. The van der Waals surface area contributed by atoms with Crippen molar-refractivity contribution in [3.05, 3.63) is 0 Å². The highest BCUT2D eigenvalue weighted by atomic mass is 35.5. The molecule has 4 heteroatoms. The van der Waals surface area contributed by atoms with Crippen LogP contribution in [0.25, 0.3) is 0 Å². The molecule has 1 saturated carbocycles. The number of alkyl halides is 1. The summed E-state index contributed by atoms with van der Waals surface area (Å²) in [5.41, 5.74) is 0. The van der Waals surface area contributed by atoms with Crippen LogP contribution in [-0.2, 0) is 9.53 Å². The molecule has 1 aliphatic heterocycles. The van der Waals surface area contributed by atoms with Gasteiger partial charge >= 0.3 is 0 Å². The first-order valence-electron chi connectivity index (χ1n) is 5.72. The van der Waals surface area contributed by atoms with Crippen molar-refractivity contribution < 1.29 is 9.53 Å². The van der Waals surface area contributed by atoms with E-state index in [-0.39, 0.29) is 23.3 Å². The van der Waals surface area contributed by atoms with E-state index in [0.29, 0.717) is 19.1 Å². The van der Waals surface area contributed by atoms with E-state index in [2.05, 4.69) is 5.32 Å². The third-order valence-electron chi connectivity index (χ3n) is 3.32. The van der Waals surface area contributed by atoms with E-state index in [1.165, 1.54) is 12.8 Å². The van der Waals surface area contributed by atoms with Crippen LogP contribution in [0, 0.1) is 11.8 Å². The fraction of sp³-hybridized carbons (Fsp3) is 0.909. The number of ether oxygens (including phenoxy) is 1. The molecule has 1 heterocycles. The minimum atomic E-state index is 0.0214. The highest BCUT2D eigenvalue weighted by Crippen LogP contribution is 2.35. The SMILES string of the molecule is CC1OCCC1C(=O)NCC(Cl)C1CC1. The number of nitrogens with one attached hydrogen (secondary N) is 1. The molecule has 2 aliphatic rings. The van der Waals surface area contributed by atoms with E-state index in [0.717, 1.165) is 6.42 Å². The van der Waals surface area contributed by atoms with Gasteiger partial charge in [-0.2, -0.15) is 0 Å². The number of amides is 1. The van der Waals surface area contributed by atoms with Crippen LogP contribution in [0.15, 0.2) is 0 Å². The van der Waals surface area contributed by atoms with Gasteiger partial charge in [-0.3, -0.25) is 4.79 Å². The van der Waals surface area contributed by atoms with Gasteiger partial charge in [0.05, 0.1) is 17.4 Å². The molecule has 3 unspecified atom stereocenters. The Morgan fingerprint density at radius 2 is 2.27 bits per heavy atom. The average molecular weight is 232 g/mol. The van der Waals surface area contributed by atoms with E-state index in [9.17, 15) is 4.79 Å². The molecule has 0 bridgehead atoms. The zero-order valence-electron chi connectivity index (χ0n) is 9.04.